The Bertz CT molecular complexity index is 1060. The average molecular weight is 438 g/mol. The molecule has 32 heavy (non-hydrogen) atoms. The van der Waals surface area contributed by atoms with Crippen molar-refractivity contribution in [3.63, 3.8) is 0 Å². The second-order valence-electron chi connectivity index (χ2n) is 6.83. The molecule has 1 fully saturated rings. The third-order valence-electron chi connectivity index (χ3n) is 4.58. The van der Waals surface area contributed by atoms with Gasteiger partial charge in [-0.15, -0.1) is 0 Å². The molecular weight excluding hydrogens is 416 g/mol. The van der Waals surface area contributed by atoms with E-state index >= 15 is 0 Å². The lowest BCUT2D eigenvalue weighted by atomic mass is 10.1. The molecule has 0 aromatic heterocycles. The van der Waals surface area contributed by atoms with Crippen molar-refractivity contribution in [2.24, 2.45) is 0 Å². The van der Waals surface area contributed by atoms with E-state index in [1.807, 2.05) is 30.3 Å². The van der Waals surface area contributed by atoms with Crippen molar-refractivity contribution >= 4 is 29.9 Å². The van der Waals surface area contributed by atoms with Crippen molar-refractivity contribution in [3.05, 3.63) is 65.2 Å². The van der Waals surface area contributed by atoms with Crippen molar-refractivity contribution in [1.82, 2.24) is 10.2 Å². The van der Waals surface area contributed by atoms with Crippen molar-refractivity contribution < 1.29 is 33.8 Å². The van der Waals surface area contributed by atoms with Crippen LogP contribution in [0, 0.1) is 0 Å². The summed E-state index contributed by atoms with van der Waals surface area (Å²) < 4.78 is 10.7. The van der Waals surface area contributed by atoms with Crippen LogP contribution in [-0.2, 0) is 20.8 Å². The largest absolute Gasteiger partial charge is 0.490 e. The lowest BCUT2D eigenvalue weighted by molar-refractivity contribution is -0.139. The first-order valence-electron chi connectivity index (χ1n) is 9.93. The highest BCUT2D eigenvalue weighted by Crippen LogP contribution is 2.30. The van der Waals surface area contributed by atoms with Gasteiger partial charge >= 0.3 is 12.0 Å². The van der Waals surface area contributed by atoms with Crippen molar-refractivity contribution in [3.8, 4) is 11.5 Å². The molecule has 0 spiro atoms. The molecule has 9 heteroatoms. The molecule has 166 valence electrons. The van der Waals surface area contributed by atoms with Gasteiger partial charge in [-0.25, -0.2) is 9.59 Å². The highest BCUT2D eigenvalue weighted by atomic mass is 16.5. The second kappa shape index (κ2) is 10.3. The van der Waals surface area contributed by atoms with Gasteiger partial charge in [0.2, 0.25) is 0 Å². The van der Waals surface area contributed by atoms with Gasteiger partial charge < -0.3 is 14.6 Å². The number of carbonyl (C=O) groups excluding carboxylic acids is 3. The van der Waals surface area contributed by atoms with E-state index in [0.717, 1.165) is 10.5 Å². The van der Waals surface area contributed by atoms with Crippen LogP contribution in [0.1, 0.15) is 18.1 Å². The van der Waals surface area contributed by atoms with Crippen LogP contribution < -0.4 is 14.8 Å². The molecule has 0 aliphatic carbocycles. The fraction of sp³-hybridized carbons (Fsp3) is 0.217. The molecule has 2 N–H and O–H groups in total. The number of rotatable bonds is 9. The standard InChI is InChI=1S/C23H22N2O7/c1-2-31-19-13-16(8-9-18(19)32-14-20(26)27)12-17-21(28)24-23(30)25(22(17)29)11-10-15-6-4-3-5-7-15/h3-9,12-13H,2,10-11,14H2,1H3,(H,26,27)(H,24,28,30)/b17-12+. The second-order valence-corrected chi connectivity index (χ2v) is 6.83. The number of benzene rings is 2. The molecule has 2 aromatic rings. The fourth-order valence-corrected chi connectivity index (χ4v) is 3.09. The quantitative estimate of drug-likeness (QED) is 0.455. The molecule has 0 unspecified atom stereocenters. The Morgan fingerprint density at radius 2 is 1.81 bits per heavy atom. The summed E-state index contributed by atoms with van der Waals surface area (Å²) in [6, 6.07) is 13.2. The molecular formula is C23H22N2O7. The Balaban J connectivity index is 1.82. The van der Waals surface area contributed by atoms with Gasteiger partial charge in [-0.1, -0.05) is 36.4 Å². The number of hydrogen-bond acceptors (Lipinski definition) is 6. The minimum Gasteiger partial charge on any atom is -0.490 e. The molecule has 3 rings (SSSR count). The summed E-state index contributed by atoms with van der Waals surface area (Å²) in [5.41, 5.74) is 1.21. The first kappa shape index (κ1) is 22.5. The van der Waals surface area contributed by atoms with Gasteiger partial charge in [0.25, 0.3) is 11.8 Å². The SMILES string of the molecule is CCOc1cc(/C=C2\C(=O)NC(=O)N(CCc3ccccc3)C2=O)ccc1OCC(=O)O. The molecule has 0 bridgehead atoms. The summed E-state index contributed by atoms with van der Waals surface area (Å²) in [6.07, 6.45) is 1.80. The van der Waals surface area contributed by atoms with E-state index in [1.54, 1.807) is 13.0 Å². The summed E-state index contributed by atoms with van der Waals surface area (Å²) in [4.78, 5) is 49.2. The number of amides is 4. The number of carboxylic acid groups (broad SMARTS) is 1. The van der Waals surface area contributed by atoms with Crippen LogP contribution in [0.2, 0.25) is 0 Å². The van der Waals surface area contributed by atoms with E-state index in [4.69, 9.17) is 14.6 Å². The highest BCUT2D eigenvalue weighted by Gasteiger charge is 2.35. The smallest absolute Gasteiger partial charge is 0.341 e. The molecule has 0 radical (unpaired) electrons. The maximum absolute atomic E-state index is 12.9. The summed E-state index contributed by atoms with van der Waals surface area (Å²) in [6.45, 7) is 1.62. The Hall–Kier alpha value is -4.14. The van der Waals surface area contributed by atoms with E-state index in [-0.39, 0.29) is 23.6 Å². The van der Waals surface area contributed by atoms with E-state index in [2.05, 4.69) is 5.32 Å². The number of barbiturate groups is 1. The highest BCUT2D eigenvalue weighted by molar-refractivity contribution is 6.31. The normalized spacial score (nSPS) is 15.0. The van der Waals surface area contributed by atoms with Crippen LogP contribution >= 0.6 is 0 Å². The number of hydrogen-bond donors (Lipinski definition) is 2. The summed E-state index contributed by atoms with van der Waals surface area (Å²) >= 11 is 0. The topological polar surface area (TPSA) is 122 Å². The van der Waals surface area contributed by atoms with Crippen LogP contribution in [0.3, 0.4) is 0 Å². The molecule has 1 heterocycles. The number of carbonyl (C=O) groups is 4. The predicted octanol–water partition coefficient (Wildman–Crippen LogP) is 2.25. The fourth-order valence-electron chi connectivity index (χ4n) is 3.09. The first-order valence-corrected chi connectivity index (χ1v) is 9.93. The number of ether oxygens (including phenoxy) is 2. The summed E-state index contributed by atoms with van der Waals surface area (Å²) in [7, 11) is 0. The van der Waals surface area contributed by atoms with Crippen LogP contribution in [0.25, 0.3) is 6.08 Å². The zero-order valence-corrected chi connectivity index (χ0v) is 17.4. The molecule has 2 aromatic carbocycles. The van der Waals surface area contributed by atoms with E-state index in [1.165, 1.54) is 18.2 Å². The van der Waals surface area contributed by atoms with Gasteiger partial charge in [-0.2, -0.15) is 0 Å². The molecule has 1 aliphatic heterocycles. The number of nitrogens with zero attached hydrogens (tertiary/aromatic N) is 1. The summed E-state index contributed by atoms with van der Waals surface area (Å²) in [5, 5.41) is 11.0. The Kier molecular flexibility index (Phi) is 7.22. The monoisotopic (exact) mass is 438 g/mol. The number of urea groups is 1. The van der Waals surface area contributed by atoms with Crippen LogP contribution in [-0.4, -0.2) is 53.6 Å². The predicted molar refractivity (Wildman–Crippen MR) is 114 cm³/mol. The average Bonchev–Trinajstić information content (AvgIpc) is 2.76. The summed E-state index contributed by atoms with van der Waals surface area (Å²) in [5.74, 6) is -2.14. The van der Waals surface area contributed by atoms with Crippen LogP contribution in [0.4, 0.5) is 4.79 Å². The number of imide groups is 2. The lowest BCUT2D eigenvalue weighted by Gasteiger charge is -2.26. The zero-order valence-electron chi connectivity index (χ0n) is 17.4. The third kappa shape index (κ3) is 5.51. The van der Waals surface area contributed by atoms with Gasteiger partial charge in [-0.05, 0) is 42.7 Å². The number of carboxylic acids is 1. The molecule has 0 saturated carbocycles. The maximum Gasteiger partial charge on any atom is 0.341 e. The molecule has 1 aliphatic rings. The van der Waals surface area contributed by atoms with Crippen molar-refractivity contribution in [2.45, 2.75) is 13.3 Å². The maximum atomic E-state index is 12.9. The molecule has 0 atom stereocenters. The van der Waals surface area contributed by atoms with Gasteiger partial charge in [-0.3, -0.25) is 19.8 Å². The van der Waals surface area contributed by atoms with E-state index in [0.29, 0.717) is 18.6 Å². The molecule has 9 nitrogen and oxygen atoms in total. The van der Waals surface area contributed by atoms with Gasteiger partial charge in [0.05, 0.1) is 6.61 Å². The zero-order chi connectivity index (χ0) is 23.1. The lowest BCUT2D eigenvalue weighted by Crippen LogP contribution is -2.54. The Labute approximate surface area is 184 Å². The minimum atomic E-state index is -1.14. The van der Waals surface area contributed by atoms with Gasteiger partial charge in [0.15, 0.2) is 18.1 Å². The minimum absolute atomic E-state index is 0.117. The van der Waals surface area contributed by atoms with Crippen molar-refractivity contribution in [1.29, 1.82) is 0 Å². The number of nitrogens with one attached hydrogen (secondary N) is 1. The van der Waals surface area contributed by atoms with Crippen LogP contribution in [0.15, 0.2) is 54.1 Å². The van der Waals surface area contributed by atoms with E-state index in [9.17, 15) is 19.2 Å². The van der Waals surface area contributed by atoms with Crippen LogP contribution in [0.5, 0.6) is 11.5 Å². The molecule has 1 saturated heterocycles. The Morgan fingerprint density at radius 3 is 2.50 bits per heavy atom. The van der Waals surface area contributed by atoms with Gasteiger partial charge in [0.1, 0.15) is 5.57 Å². The van der Waals surface area contributed by atoms with E-state index < -0.39 is 30.4 Å². The third-order valence-corrected chi connectivity index (χ3v) is 4.58. The van der Waals surface area contributed by atoms with Gasteiger partial charge in [0, 0.05) is 6.54 Å². The molecule has 4 amide bonds. The number of aliphatic carboxylic acids is 1. The Morgan fingerprint density at radius 1 is 1.06 bits per heavy atom. The first-order chi connectivity index (χ1) is 15.4. The van der Waals surface area contributed by atoms with Crippen molar-refractivity contribution in [2.75, 3.05) is 19.8 Å².